The molecule has 26 heavy (non-hydrogen) atoms. The van der Waals surface area contributed by atoms with Crippen molar-refractivity contribution in [1.82, 2.24) is 5.32 Å². The average molecular weight is 371 g/mol. The summed E-state index contributed by atoms with van der Waals surface area (Å²) in [4.78, 5) is 12.2. The predicted octanol–water partition coefficient (Wildman–Crippen LogP) is 3.31. The Morgan fingerprint density at radius 1 is 1.15 bits per heavy atom. The fourth-order valence-corrected chi connectivity index (χ4v) is 3.82. The number of aliphatic hydroxyl groups is 1. The van der Waals surface area contributed by atoms with Crippen LogP contribution in [-0.4, -0.2) is 31.8 Å². The Balaban J connectivity index is 1.60. The van der Waals surface area contributed by atoms with Crippen LogP contribution in [0.3, 0.4) is 0 Å². The van der Waals surface area contributed by atoms with Crippen molar-refractivity contribution < 1.29 is 19.4 Å². The minimum absolute atomic E-state index is 0.157. The summed E-state index contributed by atoms with van der Waals surface area (Å²) in [5.41, 5.74) is 1.66. The van der Waals surface area contributed by atoms with Crippen molar-refractivity contribution in [3.05, 3.63) is 59.0 Å². The normalized spacial score (nSPS) is 12.0. The van der Waals surface area contributed by atoms with Crippen LogP contribution in [0.25, 0.3) is 10.1 Å². The molecule has 2 aromatic carbocycles. The Bertz CT molecular complexity index is 906. The van der Waals surface area contributed by atoms with E-state index < -0.39 is 6.10 Å². The summed E-state index contributed by atoms with van der Waals surface area (Å²) >= 11 is 1.59. The van der Waals surface area contributed by atoms with Gasteiger partial charge in [0.15, 0.2) is 11.5 Å². The maximum atomic E-state index is 12.2. The van der Waals surface area contributed by atoms with Crippen LogP contribution >= 0.6 is 11.3 Å². The number of nitrogens with one attached hydrogen (secondary N) is 1. The van der Waals surface area contributed by atoms with E-state index >= 15 is 0 Å². The van der Waals surface area contributed by atoms with Crippen LogP contribution in [-0.2, 0) is 11.2 Å². The molecule has 3 aromatic rings. The third-order valence-corrected chi connectivity index (χ3v) is 5.16. The third-order valence-electron chi connectivity index (χ3n) is 4.18. The molecule has 1 aromatic heterocycles. The van der Waals surface area contributed by atoms with Gasteiger partial charge in [-0.25, -0.2) is 0 Å². The minimum atomic E-state index is -0.736. The SMILES string of the molecule is COc1ccc(CC(=O)NCC(O)c2csc3ccccc23)cc1OC. The molecule has 0 fully saturated rings. The molecular weight excluding hydrogens is 350 g/mol. The highest BCUT2D eigenvalue weighted by Gasteiger charge is 2.15. The first-order valence-electron chi connectivity index (χ1n) is 8.24. The largest absolute Gasteiger partial charge is 0.493 e. The zero-order valence-electron chi connectivity index (χ0n) is 14.7. The molecule has 0 aliphatic rings. The molecule has 0 aliphatic heterocycles. The topological polar surface area (TPSA) is 67.8 Å². The number of carbonyl (C=O) groups excluding carboxylic acids is 1. The van der Waals surface area contributed by atoms with Crippen LogP contribution in [0.4, 0.5) is 0 Å². The van der Waals surface area contributed by atoms with Gasteiger partial charge in [-0.3, -0.25) is 4.79 Å². The number of ether oxygens (including phenoxy) is 2. The van der Waals surface area contributed by atoms with Crippen LogP contribution in [0.1, 0.15) is 17.2 Å². The van der Waals surface area contributed by atoms with Gasteiger partial charge in [0, 0.05) is 16.8 Å². The van der Waals surface area contributed by atoms with E-state index in [1.54, 1.807) is 37.7 Å². The highest BCUT2D eigenvalue weighted by atomic mass is 32.1. The maximum absolute atomic E-state index is 12.2. The van der Waals surface area contributed by atoms with Gasteiger partial charge in [0.1, 0.15) is 0 Å². The first-order chi connectivity index (χ1) is 12.6. The lowest BCUT2D eigenvalue weighted by atomic mass is 10.1. The van der Waals surface area contributed by atoms with E-state index in [9.17, 15) is 9.90 Å². The van der Waals surface area contributed by atoms with Gasteiger partial charge in [0.05, 0.1) is 26.7 Å². The number of hydrogen-bond donors (Lipinski definition) is 2. The molecule has 0 aliphatic carbocycles. The lowest BCUT2D eigenvalue weighted by Gasteiger charge is -2.12. The maximum Gasteiger partial charge on any atom is 0.224 e. The Morgan fingerprint density at radius 3 is 2.69 bits per heavy atom. The molecule has 0 radical (unpaired) electrons. The van der Waals surface area contributed by atoms with E-state index in [2.05, 4.69) is 5.32 Å². The van der Waals surface area contributed by atoms with Gasteiger partial charge < -0.3 is 19.9 Å². The number of methoxy groups -OCH3 is 2. The third kappa shape index (κ3) is 3.98. The molecule has 1 amide bonds. The lowest BCUT2D eigenvalue weighted by molar-refractivity contribution is -0.120. The molecule has 0 spiro atoms. The van der Waals surface area contributed by atoms with Crippen molar-refractivity contribution in [2.45, 2.75) is 12.5 Å². The standard InChI is InChI=1S/C20H21NO4S/c1-24-17-8-7-13(9-18(17)25-2)10-20(23)21-11-16(22)15-12-26-19-6-4-3-5-14(15)19/h3-9,12,16,22H,10-11H2,1-2H3,(H,21,23). The highest BCUT2D eigenvalue weighted by molar-refractivity contribution is 7.17. The molecule has 136 valence electrons. The van der Waals surface area contributed by atoms with Gasteiger partial charge >= 0.3 is 0 Å². The molecule has 6 heteroatoms. The first kappa shape index (κ1) is 18.2. The van der Waals surface area contributed by atoms with Crippen molar-refractivity contribution >= 4 is 27.3 Å². The summed E-state index contributed by atoms with van der Waals surface area (Å²) in [7, 11) is 3.13. The molecule has 1 heterocycles. The molecule has 0 saturated heterocycles. The van der Waals surface area contributed by atoms with Gasteiger partial charge in [0.2, 0.25) is 5.91 Å². The molecule has 1 atom stereocenters. The second kappa shape index (κ2) is 8.21. The number of carbonyl (C=O) groups is 1. The van der Waals surface area contributed by atoms with Crippen molar-refractivity contribution in [3.63, 3.8) is 0 Å². The number of amides is 1. The van der Waals surface area contributed by atoms with Crippen molar-refractivity contribution in [1.29, 1.82) is 0 Å². The van der Waals surface area contributed by atoms with E-state index in [0.717, 1.165) is 21.2 Å². The summed E-state index contributed by atoms with van der Waals surface area (Å²) in [5.74, 6) is 1.05. The quantitative estimate of drug-likeness (QED) is 0.669. The highest BCUT2D eigenvalue weighted by Crippen LogP contribution is 2.30. The number of fused-ring (bicyclic) bond motifs is 1. The molecule has 2 N–H and O–H groups in total. The van der Waals surface area contributed by atoms with Crippen molar-refractivity contribution in [2.24, 2.45) is 0 Å². The number of rotatable bonds is 7. The fraction of sp³-hybridized carbons (Fsp3) is 0.250. The zero-order valence-corrected chi connectivity index (χ0v) is 15.5. The fourth-order valence-electron chi connectivity index (χ4n) is 2.82. The summed E-state index contributed by atoms with van der Waals surface area (Å²) in [6.45, 7) is 0.173. The Morgan fingerprint density at radius 2 is 1.92 bits per heavy atom. The molecule has 0 bridgehead atoms. The van der Waals surface area contributed by atoms with Crippen LogP contribution in [0.2, 0.25) is 0 Å². The molecule has 1 unspecified atom stereocenters. The molecule has 3 rings (SSSR count). The summed E-state index contributed by atoms with van der Waals surface area (Å²) in [5, 5.41) is 16.2. The monoisotopic (exact) mass is 371 g/mol. The van der Waals surface area contributed by atoms with Gasteiger partial charge in [-0.05, 0) is 34.5 Å². The lowest BCUT2D eigenvalue weighted by Crippen LogP contribution is -2.29. The Labute approximate surface area is 156 Å². The Kier molecular flexibility index (Phi) is 5.75. The van der Waals surface area contributed by atoms with Gasteiger partial charge in [-0.15, -0.1) is 11.3 Å². The smallest absolute Gasteiger partial charge is 0.224 e. The number of aliphatic hydroxyl groups excluding tert-OH is 1. The van der Waals surface area contributed by atoms with Gasteiger partial charge in [-0.1, -0.05) is 24.3 Å². The van der Waals surface area contributed by atoms with E-state index in [-0.39, 0.29) is 18.9 Å². The first-order valence-corrected chi connectivity index (χ1v) is 9.12. The van der Waals surface area contributed by atoms with Crippen LogP contribution in [0.5, 0.6) is 11.5 Å². The van der Waals surface area contributed by atoms with E-state index in [0.29, 0.717) is 11.5 Å². The Hall–Kier alpha value is -2.57. The van der Waals surface area contributed by atoms with Crippen molar-refractivity contribution in [3.8, 4) is 11.5 Å². The summed E-state index contributed by atoms with van der Waals surface area (Å²) < 4.78 is 11.6. The van der Waals surface area contributed by atoms with Gasteiger partial charge in [-0.2, -0.15) is 0 Å². The number of hydrogen-bond acceptors (Lipinski definition) is 5. The van der Waals surface area contributed by atoms with E-state index in [1.165, 1.54) is 0 Å². The minimum Gasteiger partial charge on any atom is -0.493 e. The van der Waals surface area contributed by atoms with Crippen LogP contribution in [0.15, 0.2) is 47.8 Å². The van der Waals surface area contributed by atoms with Crippen LogP contribution < -0.4 is 14.8 Å². The van der Waals surface area contributed by atoms with E-state index in [4.69, 9.17) is 9.47 Å². The average Bonchev–Trinajstić information content (AvgIpc) is 3.10. The second-order valence-electron chi connectivity index (χ2n) is 5.87. The van der Waals surface area contributed by atoms with Gasteiger partial charge in [0.25, 0.3) is 0 Å². The summed E-state index contributed by atoms with van der Waals surface area (Å²) in [6, 6.07) is 13.3. The molecule has 5 nitrogen and oxygen atoms in total. The van der Waals surface area contributed by atoms with E-state index in [1.807, 2.05) is 35.7 Å². The number of benzene rings is 2. The summed E-state index contributed by atoms with van der Waals surface area (Å²) in [6.07, 6.45) is -0.530. The molecule has 0 saturated carbocycles. The second-order valence-corrected chi connectivity index (χ2v) is 6.78. The molecular formula is C20H21NO4S. The predicted molar refractivity (Wildman–Crippen MR) is 103 cm³/mol. The number of thiophene rings is 1. The zero-order chi connectivity index (χ0) is 18.5. The van der Waals surface area contributed by atoms with Crippen molar-refractivity contribution in [2.75, 3.05) is 20.8 Å². The van der Waals surface area contributed by atoms with Crippen LogP contribution in [0, 0.1) is 0 Å².